The van der Waals surface area contributed by atoms with Crippen LogP contribution >= 0.6 is 0 Å². The van der Waals surface area contributed by atoms with E-state index in [0.29, 0.717) is 6.61 Å². The summed E-state index contributed by atoms with van der Waals surface area (Å²) >= 11 is 0. The van der Waals surface area contributed by atoms with Gasteiger partial charge in [-0.25, -0.2) is 0 Å². The molecule has 0 saturated carbocycles. The predicted molar refractivity (Wildman–Crippen MR) is 67.6 cm³/mol. The Balaban J connectivity index is 2.52. The van der Waals surface area contributed by atoms with Crippen LogP contribution in [0.2, 0.25) is 0 Å². The highest BCUT2D eigenvalue weighted by atomic mass is 16.7. The van der Waals surface area contributed by atoms with Gasteiger partial charge < -0.3 is 14.2 Å². The molecule has 0 spiro atoms. The van der Waals surface area contributed by atoms with E-state index in [9.17, 15) is 0 Å². The standard InChI is InChI=1S/C13H26NO3/c1-4-6-7-13(15-3,17-5-2)12-14-8-10-16-11-9-14/h12H,4-11H2,1-3H3. The van der Waals surface area contributed by atoms with E-state index in [4.69, 9.17) is 14.2 Å². The molecule has 1 heterocycles. The molecular weight excluding hydrogens is 218 g/mol. The first-order valence-corrected chi connectivity index (χ1v) is 6.63. The van der Waals surface area contributed by atoms with Gasteiger partial charge in [-0.1, -0.05) is 13.3 Å². The van der Waals surface area contributed by atoms with Crippen molar-refractivity contribution < 1.29 is 14.2 Å². The minimum atomic E-state index is -0.553. The molecule has 1 radical (unpaired) electrons. The molecule has 0 bridgehead atoms. The number of rotatable bonds is 8. The van der Waals surface area contributed by atoms with E-state index in [0.717, 1.165) is 45.6 Å². The molecule has 1 fully saturated rings. The summed E-state index contributed by atoms with van der Waals surface area (Å²) in [4.78, 5) is 2.25. The van der Waals surface area contributed by atoms with Crippen LogP contribution in [0, 0.1) is 6.54 Å². The molecule has 0 aliphatic carbocycles. The van der Waals surface area contributed by atoms with Gasteiger partial charge in [0, 0.05) is 33.2 Å². The molecule has 101 valence electrons. The molecule has 1 unspecified atom stereocenters. The fourth-order valence-corrected chi connectivity index (χ4v) is 2.04. The summed E-state index contributed by atoms with van der Waals surface area (Å²) in [6, 6.07) is 0. The molecule has 0 aromatic heterocycles. The van der Waals surface area contributed by atoms with Crippen molar-refractivity contribution in [3.63, 3.8) is 0 Å². The Hall–Kier alpha value is -0.160. The molecule has 0 aromatic carbocycles. The first-order valence-electron chi connectivity index (χ1n) is 6.63. The first-order chi connectivity index (χ1) is 8.26. The third kappa shape index (κ3) is 4.92. The van der Waals surface area contributed by atoms with Crippen LogP contribution in [0.15, 0.2) is 0 Å². The lowest BCUT2D eigenvalue weighted by Crippen LogP contribution is -2.46. The van der Waals surface area contributed by atoms with Crippen LogP contribution in [-0.4, -0.2) is 50.7 Å². The van der Waals surface area contributed by atoms with E-state index in [-0.39, 0.29) is 0 Å². The van der Waals surface area contributed by atoms with Crippen LogP contribution < -0.4 is 0 Å². The summed E-state index contributed by atoms with van der Waals surface area (Å²) in [6.45, 7) is 10.4. The lowest BCUT2D eigenvalue weighted by molar-refractivity contribution is -0.215. The third-order valence-corrected chi connectivity index (χ3v) is 3.04. The molecule has 1 saturated heterocycles. The average Bonchev–Trinajstić information content (AvgIpc) is 2.37. The number of hydrogen-bond acceptors (Lipinski definition) is 4. The second-order valence-electron chi connectivity index (χ2n) is 4.33. The van der Waals surface area contributed by atoms with Crippen molar-refractivity contribution in [1.29, 1.82) is 0 Å². The van der Waals surface area contributed by atoms with E-state index >= 15 is 0 Å². The molecule has 4 heteroatoms. The highest BCUT2D eigenvalue weighted by Crippen LogP contribution is 2.26. The zero-order valence-corrected chi connectivity index (χ0v) is 11.4. The monoisotopic (exact) mass is 244 g/mol. The van der Waals surface area contributed by atoms with Gasteiger partial charge in [-0.05, 0) is 13.3 Å². The maximum absolute atomic E-state index is 5.82. The number of nitrogens with zero attached hydrogens (tertiary/aromatic N) is 1. The van der Waals surface area contributed by atoms with Crippen LogP contribution in [0.5, 0.6) is 0 Å². The molecule has 0 N–H and O–H groups in total. The van der Waals surface area contributed by atoms with Crippen LogP contribution in [0.25, 0.3) is 0 Å². The molecule has 1 aliphatic heterocycles. The Bertz CT molecular complexity index is 195. The molecule has 4 nitrogen and oxygen atoms in total. The molecule has 17 heavy (non-hydrogen) atoms. The quantitative estimate of drug-likeness (QED) is 0.611. The Labute approximate surface area is 105 Å². The number of morpholine rings is 1. The fraction of sp³-hybridized carbons (Fsp3) is 0.923. The van der Waals surface area contributed by atoms with Gasteiger partial charge in [0.15, 0.2) is 5.79 Å². The van der Waals surface area contributed by atoms with E-state index < -0.39 is 5.79 Å². The summed E-state index contributed by atoms with van der Waals surface area (Å²) in [5.41, 5.74) is 0. The van der Waals surface area contributed by atoms with Crippen molar-refractivity contribution >= 4 is 0 Å². The smallest absolute Gasteiger partial charge is 0.185 e. The highest BCUT2D eigenvalue weighted by Gasteiger charge is 2.33. The summed E-state index contributed by atoms with van der Waals surface area (Å²) in [7, 11) is 1.72. The second-order valence-corrected chi connectivity index (χ2v) is 4.33. The number of ether oxygens (including phenoxy) is 3. The Morgan fingerprint density at radius 3 is 2.53 bits per heavy atom. The van der Waals surface area contributed by atoms with Gasteiger partial charge in [0.25, 0.3) is 0 Å². The van der Waals surface area contributed by atoms with E-state index in [1.807, 2.05) is 6.92 Å². The summed E-state index contributed by atoms with van der Waals surface area (Å²) in [5.74, 6) is -0.553. The van der Waals surface area contributed by atoms with Crippen LogP contribution in [0.3, 0.4) is 0 Å². The van der Waals surface area contributed by atoms with Gasteiger partial charge in [-0.3, -0.25) is 4.90 Å². The van der Waals surface area contributed by atoms with E-state index in [2.05, 4.69) is 18.4 Å². The van der Waals surface area contributed by atoms with Crippen molar-refractivity contribution in [2.75, 3.05) is 40.0 Å². The third-order valence-electron chi connectivity index (χ3n) is 3.04. The lowest BCUT2D eigenvalue weighted by atomic mass is 10.1. The van der Waals surface area contributed by atoms with Crippen molar-refractivity contribution in [3.05, 3.63) is 6.54 Å². The van der Waals surface area contributed by atoms with Crippen LogP contribution in [-0.2, 0) is 14.2 Å². The van der Waals surface area contributed by atoms with Crippen molar-refractivity contribution in [1.82, 2.24) is 4.90 Å². The first kappa shape index (κ1) is 14.9. The lowest BCUT2D eigenvalue weighted by Gasteiger charge is -2.37. The van der Waals surface area contributed by atoms with Crippen molar-refractivity contribution in [3.8, 4) is 0 Å². The normalized spacial score (nSPS) is 21.4. The van der Waals surface area contributed by atoms with Gasteiger partial charge in [0.05, 0.1) is 19.8 Å². The Morgan fingerprint density at radius 2 is 2.00 bits per heavy atom. The number of hydrogen-bond donors (Lipinski definition) is 0. The maximum Gasteiger partial charge on any atom is 0.185 e. The topological polar surface area (TPSA) is 30.9 Å². The maximum atomic E-state index is 5.82. The van der Waals surface area contributed by atoms with Crippen molar-refractivity contribution in [2.45, 2.75) is 38.9 Å². The van der Waals surface area contributed by atoms with Gasteiger partial charge >= 0.3 is 0 Å². The SMILES string of the molecule is CCCCC([CH]N1CCOCC1)(OC)OCC. The molecule has 1 aliphatic rings. The van der Waals surface area contributed by atoms with Gasteiger partial charge in [0.2, 0.25) is 0 Å². The van der Waals surface area contributed by atoms with Crippen LogP contribution in [0.4, 0.5) is 0 Å². The number of methoxy groups -OCH3 is 1. The van der Waals surface area contributed by atoms with Gasteiger partial charge in [-0.15, -0.1) is 0 Å². The van der Waals surface area contributed by atoms with Gasteiger partial charge in [-0.2, -0.15) is 0 Å². The zero-order chi connectivity index (χ0) is 12.6. The summed E-state index contributed by atoms with van der Waals surface area (Å²) in [6.07, 6.45) is 3.16. The molecule has 1 atom stereocenters. The molecular formula is C13H26NO3. The van der Waals surface area contributed by atoms with Gasteiger partial charge in [0.1, 0.15) is 0 Å². The van der Waals surface area contributed by atoms with Crippen LogP contribution in [0.1, 0.15) is 33.1 Å². The summed E-state index contributed by atoms with van der Waals surface area (Å²) in [5, 5.41) is 0. The molecule has 0 amide bonds. The predicted octanol–water partition coefficient (Wildman–Crippen LogP) is 2.05. The summed E-state index contributed by atoms with van der Waals surface area (Å²) < 4.78 is 16.8. The number of unbranched alkanes of at least 4 members (excludes halogenated alkanes) is 1. The minimum Gasteiger partial charge on any atom is -0.379 e. The minimum absolute atomic E-state index is 0.553. The van der Waals surface area contributed by atoms with E-state index in [1.54, 1.807) is 7.11 Å². The fourth-order valence-electron chi connectivity index (χ4n) is 2.04. The van der Waals surface area contributed by atoms with E-state index in [1.165, 1.54) is 0 Å². The Kier molecular flexibility index (Phi) is 7.04. The van der Waals surface area contributed by atoms with Crippen molar-refractivity contribution in [2.24, 2.45) is 0 Å². The second kappa shape index (κ2) is 8.03. The largest absolute Gasteiger partial charge is 0.379 e. The average molecular weight is 244 g/mol. The Morgan fingerprint density at radius 1 is 1.29 bits per heavy atom. The zero-order valence-electron chi connectivity index (χ0n) is 11.4. The highest BCUT2D eigenvalue weighted by molar-refractivity contribution is 4.87. The molecule has 0 aromatic rings. The molecule has 1 rings (SSSR count).